The number of benzene rings is 4. The van der Waals surface area contributed by atoms with Crippen LogP contribution in [0.3, 0.4) is 0 Å². The first kappa shape index (κ1) is 24.3. The molecule has 0 radical (unpaired) electrons. The monoisotopic (exact) mass is 482 g/mol. The molecule has 4 rings (SSSR count). The maximum atomic E-state index is 14.8. The molecule has 0 aromatic heterocycles. The molecule has 0 nitrogen and oxygen atoms in total. The van der Waals surface area contributed by atoms with Gasteiger partial charge in [-0.3, -0.25) is 0 Å². The van der Waals surface area contributed by atoms with E-state index in [0.717, 1.165) is 42.2 Å². The maximum absolute atomic E-state index is 14.8. The molecular weight excluding hydrogens is 462 g/mol. The van der Waals surface area contributed by atoms with Crippen LogP contribution >= 0.6 is 0 Å². The standard InChI is InChI=1S/C29H20F6/c1-2-3-17-4-6-18(7-5-17)19-8-10-20(11-9-19)27(33)28(34)21-12-13-23(24(30)14-21)22-15-25(31)29(35)26(32)16-22/h4-16H,2-3H2,1H3/b28-27+. The van der Waals surface area contributed by atoms with Gasteiger partial charge in [-0.2, -0.15) is 0 Å². The molecule has 0 spiro atoms. The third kappa shape index (κ3) is 5.16. The van der Waals surface area contributed by atoms with Crippen molar-refractivity contribution in [2.45, 2.75) is 19.8 Å². The molecular formula is C29H20F6. The van der Waals surface area contributed by atoms with E-state index < -0.39 is 34.9 Å². The topological polar surface area (TPSA) is 0 Å². The smallest absolute Gasteiger partial charge is 0.194 e. The first-order chi connectivity index (χ1) is 16.8. The minimum atomic E-state index is -1.68. The summed E-state index contributed by atoms with van der Waals surface area (Å²) in [5.74, 6) is -8.16. The quantitative estimate of drug-likeness (QED) is 0.146. The van der Waals surface area contributed by atoms with Gasteiger partial charge in [-0.1, -0.05) is 74.0 Å². The fourth-order valence-corrected chi connectivity index (χ4v) is 3.81. The molecule has 0 aliphatic carbocycles. The van der Waals surface area contributed by atoms with E-state index in [4.69, 9.17) is 0 Å². The Morgan fingerprint density at radius 1 is 0.571 bits per heavy atom. The van der Waals surface area contributed by atoms with Gasteiger partial charge in [-0.25, -0.2) is 26.3 Å². The lowest BCUT2D eigenvalue weighted by atomic mass is 9.99. The molecule has 178 valence electrons. The van der Waals surface area contributed by atoms with Crippen molar-refractivity contribution in [3.05, 3.63) is 119 Å². The van der Waals surface area contributed by atoms with E-state index in [1.165, 1.54) is 17.7 Å². The SMILES string of the molecule is CCCc1ccc(-c2ccc(/C(F)=C(\F)c3ccc(-c4cc(F)c(F)c(F)c4)c(F)c3)cc2)cc1. The highest BCUT2D eigenvalue weighted by molar-refractivity contribution is 5.84. The van der Waals surface area contributed by atoms with E-state index in [9.17, 15) is 26.3 Å². The summed E-state index contributed by atoms with van der Waals surface area (Å²) in [4.78, 5) is 0. The lowest BCUT2D eigenvalue weighted by molar-refractivity contribution is 0.447. The van der Waals surface area contributed by atoms with Crippen molar-refractivity contribution in [2.75, 3.05) is 0 Å². The Kier molecular flexibility index (Phi) is 7.10. The summed E-state index contributed by atoms with van der Waals surface area (Å²) in [7, 11) is 0. The number of halogens is 6. The first-order valence-corrected chi connectivity index (χ1v) is 11.0. The van der Waals surface area contributed by atoms with Crippen LogP contribution in [0, 0.1) is 23.3 Å². The zero-order valence-corrected chi connectivity index (χ0v) is 18.7. The molecule has 0 saturated carbocycles. The molecule has 0 unspecified atom stereocenters. The van der Waals surface area contributed by atoms with E-state index in [1.807, 2.05) is 24.3 Å². The van der Waals surface area contributed by atoms with Gasteiger partial charge in [0.15, 0.2) is 29.1 Å². The average Bonchev–Trinajstić information content (AvgIpc) is 2.87. The number of rotatable bonds is 6. The predicted octanol–water partition coefficient (Wildman–Crippen LogP) is 9.29. The Morgan fingerprint density at radius 3 is 1.63 bits per heavy atom. The minimum absolute atomic E-state index is 0.0268. The lowest BCUT2D eigenvalue weighted by Gasteiger charge is -2.08. The molecule has 0 aliphatic rings. The summed E-state index contributed by atoms with van der Waals surface area (Å²) < 4.78 is 84.4. The van der Waals surface area contributed by atoms with Crippen LogP contribution in [-0.2, 0) is 6.42 Å². The van der Waals surface area contributed by atoms with Crippen molar-refractivity contribution in [1.82, 2.24) is 0 Å². The summed E-state index contributed by atoms with van der Waals surface area (Å²) in [6.45, 7) is 2.10. The number of hydrogen-bond donors (Lipinski definition) is 0. The van der Waals surface area contributed by atoms with Crippen LogP contribution in [0.4, 0.5) is 26.3 Å². The highest BCUT2D eigenvalue weighted by Crippen LogP contribution is 2.33. The molecule has 4 aromatic rings. The van der Waals surface area contributed by atoms with E-state index in [0.29, 0.717) is 12.1 Å². The van der Waals surface area contributed by atoms with Crippen molar-refractivity contribution in [1.29, 1.82) is 0 Å². The van der Waals surface area contributed by atoms with E-state index >= 15 is 0 Å². The fraction of sp³-hybridized carbons (Fsp3) is 0.103. The van der Waals surface area contributed by atoms with Crippen LogP contribution in [0.5, 0.6) is 0 Å². The summed E-state index contributed by atoms with van der Waals surface area (Å²) in [5, 5.41) is 0. The van der Waals surface area contributed by atoms with Gasteiger partial charge in [0.05, 0.1) is 0 Å². The summed E-state index contributed by atoms with van der Waals surface area (Å²) in [6.07, 6.45) is 2.02. The molecule has 0 heterocycles. The van der Waals surface area contributed by atoms with Crippen LogP contribution in [0.25, 0.3) is 33.9 Å². The van der Waals surface area contributed by atoms with E-state index in [1.54, 1.807) is 12.1 Å². The normalized spacial score (nSPS) is 12.0. The van der Waals surface area contributed by atoms with Crippen LogP contribution in [0.15, 0.2) is 78.9 Å². The Morgan fingerprint density at radius 2 is 1.09 bits per heavy atom. The Hall–Kier alpha value is -3.80. The van der Waals surface area contributed by atoms with Gasteiger partial charge in [-0.05, 0) is 46.9 Å². The Balaban J connectivity index is 1.60. The van der Waals surface area contributed by atoms with Crippen molar-refractivity contribution in [3.8, 4) is 22.3 Å². The predicted molar refractivity (Wildman–Crippen MR) is 127 cm³/mol. The summed E-state index contributed by atoms with van der Waals surface area (Å²) in [5.41, 5.74) is 2.02. The van der Waals surface area contributed by atoms with Gasteiger partial charge < -0.3 is 0 Å². The van der Waals surface area contributed by atoms with Crippen molar-refractivity contribution in [3.63, 3.8) is 0 Å². The molecule has 0 atom stereocenters. The molecule has 35 heavy (non-hydrogen) atoms. The molecule has 0 amide bonds. The van der Waals surface area contributed by atoms with Crippen molar-refractivity contribution < 1.29 is 26.3 Å². The third-order valence-corrected chi connectivity index (χ3v) is 5.67. The third-order valence-electron chi connectivity index (χ3n) is 5.67. The highest BCUT2D eigenvalue weighted by atomic mass is 19.2. The van der Waals surface area contributed by atoms with Gasteiger partial charge in [0, 0.05) is 16.7 Å². The zero-order valence-electron chi connectivity index (χ0n) is 18.7. The largest absolute Gasteiger partial charge is 0.206 e. The second-order valence-electron chi connectivity index (χ2n) is 8.10. The lowest BCUT2D eigenvalue weighted by Crippen LogP contribution is -1.94. The second-order valence-corrected chi connectivity index (χ2v) is 8.10. The van der Waals surface area contributed by atoms with E-state index in [-0.39, 0.29) is 22.3 Å². The van der Waals surface area contributed by atoms with Crippen LogP contribution in [-0.4, -0.2) is 0 Å². The highest BCUT2D eigenvalue weighted by Gasteiger charge is 2.17. The maximum Gasteiger partial charge on any atom is 0.194 e. The van der Waals surface area contributed by atoms with Gasteiger partial charge >= 0.3 is 0 Å². The molecule has 4 aromatic carbocycles. The van der Waals surface area contributed by atoms with Crippen LogP contribution < -0.4 is 0 Å². The summed E-state index contributed by atoms with van der Waals surface area (Å²) >= 11 is 0. The van der Waals surface area contributed by atoms with Gasteiger partial charge in [0.25, 0.3) is 0 Å². The van der Waals surface area contributed by atoms with Gasteiger partial charge in [0.2, 0.25) is 0 Å². The molecule has 0 bridgehead atoms. The zero-order chi connectivity index (χ0) is 25.1. The van der Waals surface area contributed by atoms with Crippen molar-refractivity contribution >= 4 is 11.7 Å². The fourth-order valence-electron chi connectivity index (χ4n) is 3.81. The first-order valence-electron chi connectivity index (χ1n) is 11.0. The Bertz CT molecular complexity index is 1360. The molecule has 0 fully saturated rings. The van der Waals surface area contributed by atoms with Crippen molar-refractivity contribution in [2.24, 2.45) is 0 Å². The van der Waals surface area contributed by atoms with Gasteiger partial charge in [0.1, 0.15) is 5.82 Å². The average molecular weight is 482 g/mol. The van der Waals surface area contributed by atoms with Crippen LogP contribution in [0.1, 0.15) is 30.0 Å². The molecule has 0 saturated heterocycles. The van der Waals surface area contributed by atoms with E-state index in [2.05, 4.69) is 6.92 Å². The second kappa shape index (κ2) is 10.2. The molecule has 6 heteroatoms. The molecule has 0 N–H and O–H groups in total. The summed E-state index contributed by atoms with van der Waals surface area (Å²) in [6, 6.07) is 18.3. The minimum Gasteiger partial charge on any atom is -0.206 e. The van der Waals surface area contributed by atoms with Crippen LogP contribution in [0.2, 0.25) is 0 Å². The molecule has 0 aliphatic heterocycles. The number of aryl methyl sites for hydroxylation is 1. The Labute approximate surface area is 199 Å². The van der Waals surface area contributed by atoms with Gasteiger partial charge in [-0.15, -0.1) is 0 Å². The number of hydrogen-bond acceptors (Lipinski definition) is 0.